The van der Waals surface area contributed by atoms with Crippen LogP contribution in [-0.2, 0) is 11.2 Å². The van der Waals surface area contributed by atoms with Crippen molar-refractivity contribution in [2.45, 2.75) is 18.4 Å². The molecule has 3 aromatic carbocycles. The number of amides is 2. The number of benzene rings is 3. The van der Waals surface area contributed by atoms with E-state index in [1.807, 2.05) is 78.9 Å². The van der Waals surface area contributed by atoms with E-state index in [4.69, 9.17) is 0 Å². The monoisotopic (exact) mass is 454 g/mol. The summed E-state index contributed by atoms with van der Waals surface area (Å²) in [6, 6.07) is 26.6. The van der Waals surface area contributed by atoms with E-state index < -0.39 is 12.0 Å². The predicted octanol–water partition coefficient (Wildman–Crippen LogP) is 4.68. The molecule has 0 radical (unpaired) electrons. The third kappa shape index (κ3) is 4.15. The average molecular weight is 455 g/mol. The predicted molar refractivity (Wildman–Crippen MR) is 128 cm³/mol. The van der Waals surface area contributed by atoms with E-state index in [0.717, 1.165) is 21.7 Å². The first-order valence-corrected chi connectivity index (χ1v) is 11.5. The lowest BCUT2D eigenvalue weighted by Gasteiger charge is -2.39. The van der Waals surface area contributed by atoms with Crippen molar-refractivity contribution in [1.29, 1.82) is 0 Å². The number of fused-ring (bicyclic) bond motifs is 1. The van der Waals surface area contributed by atoms with Gasteiger partial charge in [0.2, 0.25) is 11.0 Å². The van der Waals surface area contributed by atoms with Crippen LogP contribution in [0.5, 0.6) is 0 Å². The molecule has 0 unspecified atom stereocenters. The summed E-state index contributed by atoms with van der Waals surface area (Å²) in [5, 5.41) is 12.7. The number of hydrogen-bond donors (Lipinski definition) is 1. The first kappa shape index (κ1) is 21.0. The molecular formula is C26H22N4O2S. The number of nitrogens with one attached hydrogen (secondary N) is 1. The number of anilines is 1. The maximum Gasteiger partial charge on any atom is 0.254 e. The molecule has 2 heterocycles. The summed E-state index contributed by atoms with van der Waals surface area (Å²) in [6.07, 6.45) is 0.657. The molecule has 0 aliphatic carbocycles. The molecule has 0 saturated carbocycles. The van der Waals surface area contributed by atoms with Gasteiger partial charge < -0.3 is 4.90 Å². The molecule has 1 N–H and O–H groups in total. The molecule has 7 heteroatoms. The van der Waals surface area contributed by atoms with Crippen LogP contribution < -0.4 is 5.32 Å². The van der Waals surface area contributed by atoms with Crippen molar-refractivity contribution < 1.29 is 9.59 Å². The van der Waals surface area contributed by atoms with Gasteiger partial charge in [0.25, 0.3) is 5.91 Å². The molecule has 1 aliphatic rings. The largest absolute Gasteiger partial charge is 0.334 e. The van der Waals surface area contributed by atoms with Gasteiger partial charge in [-0.25, -0.2) is 0 Å². The highest BCUT2D eigenvalue weighted by Crippen LogP contribution is 2.42. The fourth-order valence-electron chi connectivity index (χ4n) is 4.35. The number of aromatic nitrogens is 2. The summed E-state index contributed by atoms with van der Waals surface area (Å²) in [6.45, 7) is 0. The third-order valence-electron chi connectivity index (χ3n) is 5.90. The van der Waals surface area contributed by atoms with E-state index in [0.29, 0.717) is 17.1 Å². The van der Waals surface area contributed by atoms with Gasteiger partial charge in [0.15, 0.2) is 0 Å². The topological polar surface area (TPSA) is 75.2 Å². The van der Waals surface area contributed by atoms with Gasteiger partial charge in [0.05, 0.1) is 12.0 Å². The molecule has 0 bridgehead atoms. The Morgan fingerprint density at radius 1 is 0.939 bits per heavy atom. The Bertz CT molecular complexity index is 1290. The normalized spacial score (nSPS) is 17.5. The van der Waals surface area contributed by atoms with Crippen LogP contribution in [0.15, 0.2) is 84.9 Å². The summed E-state index contributed by atoms with van der Waals surface area (Å²) in [5.41, 5.74) is 3.32. The molecule has 5 rings (SSSR count). The van der Waals surface area contributed by atoms with Crippen LogP contribution in [0.1, 0.15) is 44.0 Å². The Morgan fingerprint density at radius 3 is 2.36 bits per heavy atom. The number of carbonyl (C=O) groups excluding carboxylic acids is 2. The molecule has 2 amide bonds. The minimum Gasteiger partial charge on any atom is -0.334 e. The molecule has 6 nitrogen and oxygen atoms in total. The lowest BCUT2D eigenvalue weighted by Crippen LogP contribution is -2.44. The number of likely N-dealkylation sites (N-methyl/N-ethyl adjacent to an activating group) is 1. The standard InChI is InChI=1S/C26H22N4O2S/c1-30-23(18-12-6-3-7-13-18)22(19-14-8-9-15-20(19)25(30)32)24(31)27-26-29-28-21(33-26)16-17-10-4-2-5-11-17/h2-15,22-23H,16H2,1H3,(H,27,29,31)/t22-,23-/m1/s1. The summed E-state index contributed by atoms with van der Waals surface area (Å²) in [7, 11) is 1.75. The van der Waals surface area contributed by atoms with Crippen LogP contribution in [-0.4, -0.2) is 34.0 Å². The molecule has 0 fully saturated rings. The van der Waals surface area contributed by atoms with Crippen LogP contribution in [0.25, 0.3) is 0 Å². The van der Waals surface area contributed by atoms with Gasteiger partial charge in [0, 0.05) is 19.0 Å². The van der Waals surface area contributed by atoms with Crippen LogP contribution >= 0.6 is 11.3 Å². The van der Waals surface area contributed by atoms with Gasteiger partial charge in [-0.2, -0.15) is 0 Å². The van der Waals surface area contributed by atoms with Crippen molar-refractivity contribution in [3.63, 3.8) is 0 Å². The molecular weight excluding hydrogens is 432 g/mol. The first-order valence-electron chi connectivity index (χ1n) is 10.7. The summed E-state index contributed by atoms with van der Waals surface area (Å²) in [5.74, 6) is -0.879. The van der Waals surface area contributed by atoms with E-state index in [2.05, 4.69) is 15.5 Å². The fourth-order valence-corrected chi connectivity index (χ4v) is 5.13. The minimum absolute atomic E-state index is 0.0930. The molecule has 1 aromatic heterocycles. The zero-order chi connectivity index (χ0) is 22.8. The second-order valence-corrected chi connectivity index (χ2v) is 9.05. The van der Waals surface area contributed by atoms with Crippen molar-refractivity contribution in [2.75, 3.05) is 12.4 Å². The molecule has 0 spiro atoms. The smallest absolute Gasteiger partial charge is 0.254 e. The van der Waals surface area contributed by atoms with Crippen LogP contribution in [0, 0.1) is 0 Å². The Morgan fingerprint density at radius 2 is 1.61 bits per heavy atom. The van der Waals surface area contributed by atoms with Gasteiger partial charge >= 0.3 is 0 Å². The quantitative estimate of drug-likeness (QED) is 0.475. The zero-order valence-electron chi connectivity index (χ0n) is 18.0. The first-order chi connectivity index (χ1) is 16.1. The van der Waals surface area contributed by atoms with Crippen LogP contribution in [0.4, 0.5) is 5.13 Å². The third-order valence-corrected chi connectivity index (χ3v) is 6.74. The minimum atomic E-state index is -0.576. The number of hydrogen-bond acceptors (Lipinski definition) is 5. The molecule has 0 saturated heterocycles. The zero-order valence-corrected chi connectivity index (χ0v) is 18.8. The fraction of sp³-hybridized carbons (Fsp3) is 0.154. The Balaban J connectivity index is 1.46. The van der Waals surface area contributed by atoms with E-state index in [1.165, 1.54) is 11.3 Å². The van der Waals surface area contributed by atoms with Crippen LogP contribution in [0.3, 0.4) is 0 Å². The van der Waals surface area contributed by atoms with Crippen LogP contribution in [0.2, 0.25) is 0 Å². The highest BCUT2D eigenvalue weighted by atomic mass is 32.1. The van der Waals surface area contributed by atoms with Gasteiger partial charge in [-0.1, -0.05) is 90.2 Å². The van der Waals surface area contributed by atoms with Crippen molar-refractivity contribution in [3.8, 4) is 0 Å². The SMILES string of the molecule is CN1C(=O)c2ccccc2[C@@H](C(=O)Nc2nnc(Cc3ccccc3)s2)[C@H]1c1ccccc1. The molecule has 1 aliphatic heterocycles. The number of rotatable bonds is 5. The molecule has 33 heavy (non-hydrogen) atoms. The Hall–Kier alpha value is -3.84. The summed E-state index contributed by atoms with van der Waals surface area (Å²) < 4.78 is 0. The van der Waals surface area contributed by atoms with Gasteiger partial charge in [0.1, 0.15) is 5.01 Å². The van der Waals surface area contributed by atoms with Gasteiger partial charge in [-0.15, -0.1) is 10.2 Å². The lowest BCUT2D eigenvalue weighted by atomic mass is 9.79. The van der Waals surface area contributed by atoms with Gasteiger partial charge in [-0.3, -0.25) is 14.9 Å². The van der Waals surface area contributed by atoms with Crippen molar-refractivity contribution in [3.05, 3.63) is 112 Å². The maximum absolute atomic E-state index is 13.6. The van der Waals surface area contributed by atoms with E-state index in [-0.39, 0.29) is 11.8 Å². The average Bonchev–Trinajstić information content (AvgIpc) is 3.28. The highest BCUT2D eigenvalue weighted by Gasteiger charge is 2.42. The van der Waals surface area contributed by atoms with Gasteiger partial charge in [-0.05, 0) is 22.8 Å². The van der Waals surface area contributed by atoms with E-state index >= 15 is 0 Å². The molecule has 164 valence electrons. The lowest BCUT2D eigenvalue weighted by molar-refractivity contribution is -0.119. The van der Waals surface area contributed by atoms with E-state index in [1.54, 1.807) is 18.0 Å². The summed E-state index contributed by atoms with van der Waals surface area (Å²) in [4.78, 5) is 28.4. The number of carbonyl (C=O) groups is 2. The highest BCUT2D eigenvalue weighted by molar-refractivity contribution is 7.15. The van der Waals surface area contributed by atoms with Crippen molar-refractivity contribution >= 4 is 28.3 Å². The van der Waals surface area contributed by atoms with Crippen molar-refractivity contribution in [1.82, 2.24) is 15.1 Å². The number of nitrogens with zero attached hydrogens (tertiary/aromatic N) is 3. The maximum atomic E-state index is 13.6. The Labute approximate surface area is 195 Å². The molecule has 4 aromatic rings. The molecule has 2 atom stereocenters. The second-order valence-electron chi connectivity index (χ2n) is 7.99. The van der Waals surface area contributed by atoms with E-state index in [9.17, 15) is 9.59 Å². The summed E-state index contributed by atoms with van der Waals surface area (Å²) >= 11 is 1.37. The van der Waals surface area contributed by atoms with Crippen molar-refractivity contribution in [2.24, 2.45) is 0 Å². The second kappa shape index (κ2) is 8.96. The Kier molecular flexibility index (Phi) is 5.71.